The van der Waals surface area contributed by atoms with Crippen LogP contribution < -0.4 is 27.5 Å². The third-order valence-electron chi connectivity index (χ3n) is 2.85. The summed E-state index contributed by atoms with van der Waals surface area (Å²) >= 11 is 0. The van der Waals surface area contributed by atoms with Crippen molar-refractivity contribution in [3.8, 4) is 5.75 Å². The average Bonchev–Trinajstić information content (AvgIpc) is 2.48. The second-order valence-electron chi connectivity index (χ2n) is 4.35. The van der Waals surface area contributed by atoms with Gasteiger partial charge in [0.1, 0.15) is 29.7 Å². The summed E-state index contributed by atoms with van der Waals surface area (Å²) in [6.45, 7) is -0.232. The summed E-state index contributed by atoms with van der Waals surface area (Å²) in [4.78, 5) is 14.7. The van der Waals surface area contributed by atoms with Crippen molar-refractivity contribution >= 4 is 23.3 Å². The molecule has 0 aliphatic carbocycles. The number of rotatable bonds is 5. The number of aromatic carboxylic acids is 1. The smallest absolute Gasteiger partial charge is 0.335 e. The summed E-state index contributed by atoms with van der Waals surface area (Å²) in [6, 6.07) is 4.76. The van der Waals surface area contributed by atoms with E-state index in [1.165, 1.54) is 12.1 Å². The van der Waals surface area contributed by atoms with Crippen molar-refractivity contribution in [1.29, 1.82) is 0 Å². The van der Waals surface area contributed by atoms with E-state index in [0.29, 0.717) is 0 Å². The first kappa shape index (κ1) is 15.3. The Hall–Kier alpha value is -3.07. The number of carbonyl (C=O) groups is 1. The SMILES string of the molecule is NNc1nc(N)cc(OCc2cc(C(=O)O)ccc2F)c1N. The van der Waals surface area contributed by atoms with Crippen LogP contribution in [-0.4, -0.2) is 16.1 Å². The number of nitrogens with one attached hydrogen (secondary N) is 1. The number of aromatic nitrogens is 1. The molecule has 0 saturated carbocycles. The number of carboxylic acid groups (broad SMARTS) is 1. The van der Waals surface area contributed by atoms with Crippen molar-refractivity contribution in [3.05, 3.63) is 41.2 Å². The maximum absolute atomic E-state index is 13.7. The lowest BCUT2D eigenvalue weighted by atomic mass is 10.1. The van der Waals surface area contributed by atoms with E-state index in [2.05, 4.69) is 10.4 Å². The molecule has 1 aromatic heterocycles. The monoisotopic (exact) mass is 307 g/mol. The van der Waals surface area contributed by atoms with Crippen LogP contribution in [0, 0.1) is 5.82 Å². The standard InChI is InChI=1S/C13H14FN5O3/c14-8-2-1-6(13(20)21)3-7(8)5-22-9-4-10(15)18-12(19-17)11(9)16/h1-4H,5,16-17H2,(H,20,21)(H3,15,18,19). The number of nitrogens with two attached hydrogens (primary N) is 3. The molecule has 0 fully saturated rings. The van der Waals surface area contributed by atoms with E-state index in [-0.39, 0.29) is 40.8 Å². The summed E-state index contributed by atoms with van der Waals surface area (Å²) in [5, 5.41) is 8.90. The van der Waals surface area contributed by atoms with Crippen LogP contribution in [0.3, 0.4) is 0 Å². The lowest BCUT2D eigenvalue weighted by Gasteiger charge is -2.13. The average molecular weight is 307 g/mol. The molecule has 0 atom stereocenters. The fourth-order valence-electron chi connectivity index (χ4n) is 1.75. The summed E-state index contributed by atoms with van der Waals surface area (Å²) < 4.78 is 19.1. The van der Waals surface area contributed by atoms with E-state index in [9.17, 15) is 9.18 Å². The first-order valence-corrected chi connectivity index (χ1v) is 6.09. The van der Waals surface area contributed by atoms with E-state index < -0.39 is 11.8 Å². The van der Waals surface area contributed by atoms with E-state index in [1.807, 2.05) is 0 Å². The molecule has 22 heavy (non-hydrogen) atoms. The first-order valence-electron chi connectivity index (χ1n) is 6.09. The summed E-state index contributed by atoms with van der Waals surface area (Å²) in [5.41, 5.74) is 13.7. The summed E-state index contributed by atoms with van der Waals surface area (Å²) in [5.74, 6) is 3.87. The first-order chi connectivity index (χ1) is 10.4. The van der Waals surface area contributed by atoms with Crippen molar-refractivity contribution in [2.45, 2.75) is 6.61 Å². The van der Waals surface area contributed by atoms with E-state index in [1.54, 1.807) is 0 Å². The van der Waals surface area contributed by atoms with Crippen LogP contribution in [0.25, 0.3) is 0 Å². The number of hydrogen-bond donors (Lipinski definition) is 5. The number of hydrazine groups is 1. The molecular formula is C13H14FN5O3. The van der Waals surface area contributed by atoms with Crippen molar-refractivity contribution < 1.29 is 19.0 Å². The van der Waals surface area contributed by atoms with Crippen LogP contribution in [0.2, 0.25) is 0 Å². The highest BCUT2D eigenvalue weighted by Gasteiger charge is 2.12. The van der Waals surface area contributed by atoms with Crippen LogP contribution in [0.1, 0.15) is 15.9 Å². The van der Waals surface area contributed by atoms with Crippen molar-refractivity contribution in [2.24, 2.45) is 5.84 Å². The molecule has 2 aromatic rings. The van der Waals surface area contributed by atoms with E-state index in [4.69, 9.17) is 27.2 Å². The molecule has 0 bridgehead atoms. The fourth-order valence-corrected chi connectivity index (χ4v) is 1.75. The van der Waals surface area contributed by atoms with Gasteiger partial charge in [0.05, 0.1) is 5.56 Å². The molecule has 9 heteroatoms. The number of nitrogens with zero attached hydrogens (tertiary/aromatic N) is 1. The fraction of sp³-hybridized carbons (Fsp3) is 0.0769. The molecule has 0 spiro atoms. The molecule has 1 heterocycles. The second-order valence-corrected chi connectivity index (χ2v) is 4.35. The molecule has 0 unspecified atom stereocenters. The molecule has 0 amide bonds. The predicted molar refractivity (Wildman–Crippen MR) is 78.6 cm³/mol. The van der Waals surface area contributed by atoms with Gasteiger partial charge < -0.3 is 26.7 Å². The highest BCUT2D eigenvalue weighted by molar-refractivity contribution is 5.87. The van der Waals surface area contributed by atoms with Crippen molar-refractivity contribution in [2.75, 3.05) is 16.9 Å². The van der Waals surface area contributed by atoms with Crippen LogP contribution >= 0.6 is 0 Å². The number of benzene rings is 1. The van der Waals surface area contributed by atoms with E-state index >= 15 is 0 Å². The lowest BCUT2D eigenvalue weighted by molar-refractivity contribution is 0.0696. The highest BCUT2D eigenvalue weighted by Crippen LogP contribution is 2.30. The topological polar surface area (TPSA) is 150 Å². The molecule has 0 saturated heterocycles. The van der Waals surface area contributed by atoms with Gasteiger partial charge in [-0.05, 0) is 18.2 Å². The Morgan fingerprint density at radius 2 is 2.09 bits per heavy atom. The number of ether oxygens (including phenoxy) is 1. The van der Waals surface area contributed by atoms with Gasteiger partial charge in [0.25, 0.3) is 0 Å². The van der Waals surface area contributed by atoms with Crippen molar-refractivity contribution in [3.63, 3.8) is 0 Å². The molecule has 8 N–H and O–H groups in total. The number of carboxylic acids is 1. The Balaban J connectivity index is 2.25. The molecule has 0 radical (unpaired) electrons. The van der Waals surface area contributed by atoms with Crippen molar-refractivity contribution in [1.82, 2.24) is 4.98 Å². The normalized spacial score (nSPS) is 10.3. The van der Waals surface area contributed by atoms with Gasteiger partial charge in [0.15, 0.2) is 5.82 Å². The molecule has 8 nitrogen and oxygen atoms in total. The van der Waals surface area contributed by atoms with Crippen LogP contribution in [-0.2, 0) is 6.61 Å². The largest absolute Gasteiger partial charge is 0.486 e. The van der Waals surface area contributed by atoms with Gasteiger partial charge in [-0.1, -0.05) is 0 Å². The number of halogens is 1. The number of anilines is 3. The molecule has 0 aliphatic rings. The van der Waals surface area contributed by atoms with Gasteiger partial charge in [-0.15, -0.1) is 0 Å². The Morgan fingerprint density at radius 3 is 2.73 bits per heavy atom. The quantitative estimate of drug-likeness (QED) is 0.404. The zero-order chi connectivity index (χ0) is 16.3. The zero-order valence-electron chi connectivity index (χ0n) is 11.3. The molecule has 0 aliphatic heterocycles. The van der Waals surface area contributed by atoms with Gasteiger partial charge in [0.2, 0.25) is 0 Å². The van der Waals surface area contributed by atoms with Gasteiger partial charge in [-0.25, -0.2) is 20.0 Å². The molecule has 2 rings (SSSR count). The lowest BCUT2D eigenvalue weighted by Crippen LogP contribution is -2.13. The Bertz CT molecular complexity index is 723. The maximum Gasteiger partial charge on any atom is 0.335 e. The molecule has 116 valence electrons. The van der Waals surface area contributed by atoms with Gasteiger partial charge in [0, 0.05) is 11.6 Å². The summed E-state index contributed by atoms with van der Waals surface area (Å²) in [7, 11) is 0. The zero-order valence-corrected chi connectivity index (χ0v) is 11.3. The van der Waals surface area contributed by atoms with Crippen LogP contribution in [0.5, 0.6) is 5.75 Å². The highest BCUT2D eigenvalue weighted by atomic mass is 19.1. The Labute approximate surface area is 124 Å². The summed E-state index contributed by atoms with van der Waals surface area (Å²) in [6.07, 6.45) is 0. The second kappa shape index (κ2) is 6.14. The van der Waals surface area contributed by atoms with Crippen LogP contribution in [0.4, 0.5) is 21.7 Å². The number of pyridine rings is 1. The van der Waals surface area contributed by atoms with E-state index in [0.717, 1.165) is 12.1 Å². The Morgan fingerprint density at radius 1 is 1.36 bits per heavy atom. The third-order valence-corrected chi connectivity index (χ3v) is 2.85. The Kier molecular flexibility index (Phi) is 4.28. The number of nitrogen functional groups attached to an aromatic ring is 3. The minimum atomic E-state index is -1.16. The minimum absolute atomic E-state index is 0.0495. The van der Waals surface area contributed by atoms with Gasteiger partial charge in [-0.3, -0.25) is 0 Å². The number of hydrogen-bond acceptors (Lipinski definition) is 7. The van der Waals surface area contributed by atoms with Gasteiger partial charge in [-0.2, -0.15) is 0 Å². The van der Waals surface area contributed by atoms with Gasteiger partial charge >= 0.3 is 5.97 Å². The molecule has 1 aromatic carbocycles. The van der Waals surface area contributed by atoms with Crippen LogP contribution in [0.15, 0.2) is 24.3 Å². The maximum atomic E-state index is 13.7. The molecular weight excluding hydrogens is 293 g/mol. The predicted octanol–water partition coefficient (Wildman–Crippen LogP) is 0.948. The minimum Gasteiger partial charge on any atom is -0.486 e. The third kappa shape index (κ3) is 3.15.